The molecular formula is C22H31NO4. The van der Waals surface area contributed by atoms with Crippen molar-refractivity contribution < 1.29 is 19.1 Å². The lowest BCUT2D eigenvalue weighted by molar-refractivity contribution is -0.119. The summed E-state index contributed by atoms with van der Waals surface area (Å²) in [4.78, 5) is 26.8. The number of nitrogens with zero attached hydrogens (tertiary/aromatic N) is 1. The summed E-state index contributed by atoms with van der Waals surface area (Å²) >= 11 is 0. The summed E-state index contributed by atoms with van der Waals surface area (Å²) in [6, 6.07) is 4.84. The van der Waals surface area contributed by atoms with Gasteiger partial charge in [0.2, 0.25) is 0 Å². The van der Waals surface area contributed by atoms with Crippen molar-refractivity contribution in [1.82, 2.24) is 0 Å². The number of Topliss-reactive ketones (excluding diaryl/α,β-unsaturated/α-hetero) is 1. The van der Waals surface area contributed by atoms with Crippen molar-refractivity contribution in [2.75, 3.05) is 18.6 Å². The maximum Gasteiger partial charge on any atom is 0.415 e. The van der Waals surface area contributed by atoms with E-state index < -0.39 is 12.1 Å². The fourth-order valence-electron chi connectivity index (χ4n) is 3.33. The Labute approximate surface area is 162 Å². The van der Waals surface area contributed by atoms with Gasteiger partial charge in [0, 0.05) is 12.0 Å². The SMILES string of the molecule is CCCCCCCCC(=O)C1C=Cc2cc(OC)ccc2N1C(=O)OCC. The minimum absolute atomic E-state index is 0.0521. The van der Waals surface area contributed by atoms with Gasteiger partial charge in [0.25, 0.3) is 0 Å². The van der Waals surface area contributed by atoms with Gasteiger partial charge >= 0.3 is 6.09 Å². The summed E-state index contributed by atoms with van der Waals surface area (Å²) < 4.78 is 10.5. The highest BCUT2D eigenvalue weighted by molar-refractivity contribution is 6.03. The Morgan fingerprint density at radius 1 is 1.07 bits per heavy atom. The molecule has 0 fully saturated rings. The molecule has 27 heavy (non-hydrogen) atoms. The second kappa shape index (κ2) is 10.8. The highest BCUT2D eigenvalue weighted by Gasteiger charge is 2.33. The number of hydrogen-bond acceptors (Lipinski definition) is 4. The highest BCUT2D eigenvalue weighted by Crippen LogP contribution is 2.33. The van der Waals surface area contributed by atoms with Crippen LogP contribution in [-0.4, -0.2) is 31.6 Å². The van der Waals surface area contributed by atoms with E-state index in [0.717, 1.165) is 24.8 Å². The minimum Gasteiger partial charge on any atom is -0.497 e. The van der Waals surface area contributed by atoms with Gasteiger partial charge in [-0.3, -0.25) is 9.69 Å². The fraction of sp³-hybridized carbons (Fsp3) is 0.545. The van der Waals surface area contributed by atoms with E-state index in [1.807, 2.05) is 12.1 Å². The summed E-state index contributed by atoms with van der Waals surface area (Å²) in [6.07, 6.45) is 10.4. The molecule has 1 unspecified atom stereocenters. The molecule has 1 aromatic carbocycles. The molecular weight excluding hydrogens is 342 g/mol. The second-order valence-electron chi connectivity index (χ2n) is 6.78. The van der Waals surface area contributed by atoms with Crippen molar-refractivity contribution in [2.24, 2.45) is 0 Å². The number of benzene rings is 1. The molecule has 0 saturated heterocycles. The maximum atomic E-state index is 12.8. The van der Waals surface area contributed by atoms with Crippen molar-refractivity contribution in [3.63, 3.8) is 0 Å². The predicted molar refractivity (Wildman–Crippen MR) is 108 cm³/mol. The van der Waals surface area contributed by atoms with Gasteiger partial charge in [-0.1, -0.05) is 51.2 Å². The topological polar surface area (TPSA) is 55.8 Å². The lowest BCUT2D eigenvalue weighted by atomic mass is 9.97. The smallest absolute Gasteiger partial charge is 0.415 e. The van der Waals surface area contributed by atoms with Crippen LogP contribution in [0, 0.1) is 0 Å². The Kier molecular flexibility index (Phi) is 8.37. The lowest BCUT2D eigenvalue weighted by Crippen LogP contribution is -2.46. The molecule has 1 atom stereocenters. The molecule has 0 aliphatic carbocycles. The first-order valence-corrected chi connectivity index (χ1v) is 9.97. The number of amides is 1. The van der Waals surface area contributed by atoms with Crippen molar-refractivity contribution in [3.8, 4) is 5.75 Å². The number of ether oxygens (including phenoxy) is 2. The van der Waals surface area contributed by atoms with Crippen LogP contribution < -0.4 is 9.64 Å². The van der Waals surface area contributed by atoms with Gasteiger partial charge in [0.1, 0.15) is 11.8 Å². The fourth-order valence-corrected chi connectivity index (χ4v) is 3.33. The Morgan fingerprint density at radius 3 is 2.52 bits per heavy atom. The minimum atomic E-state index is -0.611. The molecule has 1 amide bonds. The van der Waals surface area contributed by atoms with E-state index in [4.69, 9.17) is 9.47 Å². The quantitative estimate of drug-likeness (QED) is 0.517. The monoisotopic (exact) mass is 373 g/mol. The Balaban J connectivity index is 2.10. The number of hydrogen-bond donors (Lipinski definition) is 0. The maximum absolute atomic E-state index is 12.8. The summed E-state index contributed by atoms with van der Waals surface area (Å²) in [5.74, 6) is 0.760. The molecule has 1 aliphatic heterocycles. The van der Waals surface area contributed by atoms with E-state index in [0.29, 0.717) is 17.9 Å². The molecule has 2 rings (SSSR count). The average Bonchev–Trinajstić information content (AvgIpc) is 2.69. The van der Waals surface area contributed by atoms with Gasteiger partial charge in [-0.2, -0.15) is 0 Å². The van der Waals surface area contributed by atoms with Gasteiger partial charge in [-0.15, -0.1) is 0 Å². The molecule has 0 aromatic heterocycles. The van der Waals surface area contributed by atoms with Crippen molar-refractivity contribution in [2.45, 2.75) is 64.8 Å². The third-order valence-corrected chi connectivity index (χ3v) is 4.80. The van der Waals surface area contributed by atoms with Crippen LogP contribution in [-0.2, 0) is 9.53 Å². The zero-order chi connectivity index (χ0) is 19.6. The molecule has 0 saturated carbocycles. The molecule has 5 heteroatoms. The molecule has 0 bridgehead atoms. The number of ketones is 1. The molecule has 1 heterocycles. The van der Waals surface area contributed by atoms with E-state index in [1.54, 1.807) is 32.2 Å². The van der Waals surface area contributed by atoms with E-state index in [-0.39, 0.29) is 12.4 Å². The van der Waals surface area contributed by atoms with Crippen LogP contribution in [0.1, 0.15) is 64.4 Å². The molecule has 1 aliphatic rings. The molecule has 0 spiro atoms. The van der Waals surface area contributed by atoms with Crippen LogP contribution in [0.2, 0.25) is 0 Å². The van der Waals surface area contributed by atoms with Crippen molar-refractivity contribution >= 4 is 23.6 Å². The van der Waals surface area contributed by atoms with E-state index >= 15 is 0 Å². The molecule has 0 radical (unpaired) electrons. The number of carbonyl (C=O) groups excluding carboxylic acids is 2. The lowest BCUT2D eigenvalue weighted by Gasteiger charge is -2.32. The second-order valence-corrected chi connectivity index (χ2v) is 6.78. The van der Waals surface area contributed by atoms with Crippen LogP contribution in [0.25, 0.3) is 6.08 Å². The largest absolute Gasteiger partial charge is 0.497 e. The van der Waals surface area contributed by atoms with E-state index in [1.165, 1.54) is 24.2 Å². The normalized spacial score (nSPS) is 15.4. The van der Waals surface area contributed by atoms with Crippen LogP contribution in [0.15, 0.2) is 24.3 Å². The zero-order valence-corrected chi connectivity index (χ0v) is 16.7. The molecule has 1 aromatic rings. The summed E-state index contributed by atoms with van der Waals surface area (Å²) in [5.41, 5.74) is 1.52. The Morgan fingerprint density at radius 2 is 1.81 bits per heavy atom. The van der Waals surface area contributed by atoms with Crippen LogP contribution >= 0.6 is 0 Å². The van der Waals surface area contributed by atoms with Gasteiger partial charge in [0.15, 0.2) is 5.78 Å². The first-order valence-electron chi connectivity index (χ1n) is 9.97. The zero-order valence-electron chi connectivity index (χ0n) is 16.7. The van der Waals surface area contributed by atoms with Crippen LogP contribution in [0.5, 0.6) is 5.75 Å². The van der Waals surface area contributed by atoms with Crippen LogP contribution in [0.3, 0.4) is 0 Å². The highest BCUT2D eigenvalue weighted by atomic mass is 16.6. The van der Waals surface area contributed by atoms with Gasteiger partial charge in [-0.05, 0) is 31.5 Å². The molecule has 0 N–H and O–H groups in total. The number of fused-ring (bicyclic) bond motifs is 1. The molecule has 148 valence electrons. The summed E-state index contributed by atoms with van der Waals surface area (Å²) in [5, 5.41) is 0. The van der Waals surface area contributed by atoms with Gasteiger partial charge < -0.3 is 9.47 Å². The standard InChI is InChI=1S/C22H31NO4/c1-4-6-7-8-9-10-11-21(24)20-14-12-17-16-18(26-3)13-15-19(17)23(20)22(25)27-5-2/h12-16,20H,4-11H2,1-3H3. The van der Waals surface area contributed by atoms with Crippen molar-refractivity contribution in [1.29, 1.82) is 0 Å². The Bertz CT molecular complexity index is 668. The first kappa shape index (κ1) is 21.0. The Hall–Kier alpha value is -2.30. The third kappa shape index (κ3) is 5.59. The number of anilines is 1. The number of methoxy groups -OCH3 is 1. The number of rotatable bonds is 10. The first-order chi connectivity index (χ1) is 13.1. The van der Waals surface area contributed by atoms with Crippen molar-refractivity contribution in [3.05, 3.63) is 29.8 Å². The van der Waals surface area contributed by atoms with Gasteiger partial charge in [-0.25, -0.2) is 4.79 Å². The van der Waals surface area contributed by atoms with E-state index in [2.05, 4.69) is 6.92 Å². The predicted octanol–water partition coefficient (Wildman–Crippen LogP) is 5.37. The van der Waals surface area contributed by atoms with Gasteiger partial charge in [0.05, 0.1) is 19.4 Å². The average molecular weight is 373 g/mol. The number of unbranched alkanes of at least 4 members (excludes halogenated alkanes) is 5. The van der Waals surface area contributed by atoms with E-state index in [9.17, 15) is 9.59 Å². The summed E-state index contributed by atoms with van der Waals surface area (Å²) in [6.45, 7) is 4.22. The molecule has 5 nitrogen and oxygen atoms in total. The summed E-state index contributed by atoms with van der Waals surface area (Å²) in [7, 11) is 1.60. The van der Waals surface area contributed by atoms with Crippen LogP contribution in [0.4, 0.5) is 10.5 Å². The number of carbonyl (C=O) groups is 2. The third-order valence-electron chi connectivity index (χ3n) is 4.80.